The first kappa shape index (κ1) is 61.9. The molecule has 0 spiro atoms. The Labute approximate surface area is 507 Å². The molecule has 0 saturated carbocycles. The number of rotatable bonds is 12. The predicted octanol–water partition coefficient (Wildman–Crippen LogP) is 13.6. The normalized spacial score (nSPS) is 10.9. The highest BCUT2D eigenvalue weighted by atomic mass is 19.1. The number of fused-ring (bicyclic) bond motifs is 4. The summed E-state index contributed by atoms with van der Waals surface area (Å²) < 4.78 is 54.0. The second-order valence-electron chi connectivity index (χ2n) is 20.9. The third kappa shape index (κ3) is 13.6. The number of carbonyl (C=O) groups is 4. The van der Waals surface area contributed by atoms with Gasteiger partial charge in [-0.25, -0.2) is 8.78 Å². The lowest BCUT2D eigenvalue weighted by Gasteiger charge is -2.06. The molecule has 12 aromatic rings. The maximum Gasteiger partial charge on any atom is 0.327 e. The van der Waals surface area contributed by atoms with E-state index in [0.29, 0.717) is 28.1 Å². The van der Waals surface area contributed by atoms with Gasteiger partial charge in [-0.05, 0) is 112 Å². The van der Waals surface area contributed by atoms with Gasteiger partial charge in [0.05, 0.1) is 50.5 Å². The van der Waals surface area contributed by atoms with E-state index in [1.54, 1.807) is 46.6 Å². The molecular formula is C70H66F2N8O8. The van der Waals surface area contributed by atoms with E-state index in [9.17, 15) is 28.0 Å². The van der Waals surface area contributed by atoms with Crippen LogP contribution < -0.4 is 0 Å². The molecule has 0 bridgehead atoms. The van der Waals surface area contributed by atoms with Crippen LogP contribution in [0.1, 0.15) is 33.4 Å². The first-order valence-electron chi connectivity index (χ1n) is 28.2. The van der Waals surface area contributed by atoms with Gasteiger partial charge in [-0.2, -0.15) is 20.4 Å². The Bertz CT molecular complexity index is 4080. The van der Waals surface area contributed by atoms with Crippen LogP contribution in [0.25, 0.3) is 88.6 Å². The molecule has 0 radical (unpaired) electrons. The molecular weight excluding hydrogens is 1120 g/mol. The minimum atomic E-state index is -0.399. The van der Waals surface area contributed by atoms with E-state index in [2.05, 4.69) is 87.9 Å². The van der Waals surface area contributed by atoms with Crippen LogP contribution in [0.5, 0.6) is 0 Å². The maximum atomic E-state index is 14.4. The molecule has 12 rings (SSSR count). The first-order valence-corrected chi connectivity index (χ1v) is 28.2. The van der Waals surface area contributed by atoms with Crippen molar-refractivity contribution in [3.8, 4) is 45.0 Å². The van der Waals surface area contributed by atoms with Crippen molar-refractivity contribution in [3.63, 3.8) is 0 Å². The number of hydrogen-bond donors (Lipinski definition) is 0. The molecule has 0 saturated heterocycles. The van der Waals surface area contributed by atoms with Gasteiger partial charge in [-0.15, -0.1) is 0 Å². The van der Waals surface area contributed by atoms with Gasteiger partial charge in [-0.1, -0.05) is 132 Å². The summed E-state index contributed by atoms with van der Waals surface area (Å²) in [5, 5.41) is 21.9. The summed E-state index contributed by atoms with van der Waals surface area (Å²) in [6, 6.07) is 53.4. The van der Waals surface area contributed by atoms with Crippen LogP contribution in [0.4, 0.5) is 8.78 Å². The lowest BCUT2D eigenvalue weighted by Crippen LogP contribution is -2.12. The quantitative estimate of drug-likeness (QED) is 0.0837. The fraction of sp³-hybridized carbons (Fsp3) is 0.200. The van der Waals surface area contributed by atoms with Gasteiger partial charge in [0.15, 0.2) is 0 Å². The highest BCUT2D eigenvalue weighted by molar-refractivity contribution is 5.97. The van der Waals surface area contributed by atoms with Crippen LogP contribution in [0, 0.1) is 53.2 Å². The molecule has 0 atom stereocenters. The van der Waals surface area contributed by atoms with Crippen LogP contribution in [0.2, 0.25) is 0 Å². The number of carbonyl (C=O) groups excluding carboxylic acids is 4. The van der Waals surface area contributed by atoms with Crippen molar-refractivity contribution in [2.75, 3.05) is 28.4 Å². The maximum absolute atomic E-state index is 14.4. The van der Waals surface area contributed by atoms with Gasteiger partial charge < -0.3 is 18.9 Å². The number of hydrogen-bond acceptors (Lipinski definition) is 12. The fourth-order valence-electron chi connectivity index (χ4n) is 10.2. The molecule has 448 valence electrons. The zero-order valence-electron chi connectivity index (χ0n) is 50.6. The van der Waals surface area contributed by atoms with E-state index >= 15 is 0 Å². The highest BCUT2D eigenvalue weighted by Crippen LogP contribution is 2.35. The molecule has 0 aliphatic heterocycles. The number of benzene rings is 8. The summed E-state index contributed by atoms with van der Waals surface area (Å²) in [6.07, 6.45) is 0. The minimum Gasteiger partial charge on any atom is -0.468 e. The molecule has 18 heteroatoms. The average molecular weight is 1190 g/mol. The van der Waals surface area contributed by atoms with Crippen LogP contribution in [-0.2, 0) is 64.3 Å². The monoisotopic (exact) mass is 1180 g/mol. The van der Waals surface area contributed by atoms with Crippen molar-refractivity contribution in [3.05, 3.63) is 215 Å². The molecule has 0 N–H and O–H groups in total. The van der Waals surface area contributed by atoms with E-state index in [-0.39, 0.29) is 49.8 Å². The van der Waals surface area contributed by atoms with E-state index in [1.807, 2.05) is 110 Å². The first-order chi connectivity index (χ1) is 42.4. The number of aryl methyl sites for hydroxylation is 5. The molecule has 16 nitrogen and oxygen atoms in total. The minimum absolute atomic E-state index is 0.00948. The molecule has 88 heavy (non-hydrogen) atoms. The van der Waals surface area contributed by atoms with Crippen molar-refractivity contribution < 1.29 is 46.9 Å². The van der Waals surface area contributed by atoms with Crippen LogP contribution in [-0.4, -0.2) is 91.4 Å². The van der Waals surface area contributed by atoms with Gasteiger partial charge in [0.25, 0.3) is 0 Å². The van der Waals surface area contributed by atoms with Crippen LogP contribution >= 0.6 is 0 Å². The zero-order chi connectivity index (χ0) is 62.8. The summed E-state index contributed by atoms with van der Waals surface area (Å²) in [7, 11) is 5.43. The Hall–Kier alpha value is -10.6. The van der Waals surface area contributed by atoms with Crippen molar-refractivity contribution in [2.45, 2.75) is 67.7 Å². The van der Waals surface area contributed by atoms with E-state index in [1.165, 1.54) is 66.1 Å². The topological polar surface area (TPSA) is 176 Å². The number of aromatic nitrogens is 8. The van der Waals surface area contributed by atoms with Crippen molar-refractivity contribution in [1.29, 1.82) is 0 Å². The van der Waals surface area contributed by atoms with E-state index in [0.717, 1.165) is 71.7 Å². The van der Waals surface area contributed by atoms with Gasteiger partial charge in [-0.3, -0.25) is 37.9 Å². The summed E-state index contributed by atoms with van der Waals surface area (Å²) in [5.41, 5.74) is 15.6. The molecule has 4 aromatic heterocycles. The third-order valence-corrected chi connectivity index (χ3v) is 15.0. The second kappa shape index (κ2) is 27.6. The summed E-state index contributed by atoms with van der Waals surface area (Å²) in [5.74, 6) is -2.04. The van der Waals surface area contributed by atoms with Crippen molar-refractivity contribution in [2.24, 2.45) is 0 Å². The molecule has 0 amide bonds. The number of esters is 4. The molecule has 0 fully saturated rings. The van der Waals surface area contributed by atoms with Gasteiger partial charge >= 0.3 is 23.9 Å². The second-order valence-corrected chi connectivity index (χ2v) is 20.9. The average Bonchev–Trinajstić information content (AvgIpc) is 2.27. The Morgan fingerprint density at radius 2 is 0.682 bits per heavy atom. The SMILES string of the molecule is COC(=O)Cn1nc(-c2cc(C)ccc2C)c2ccccc21.COC(=O)Cn1nc(-c2cc(C)ccc2F)c2ccccc21.COC(=O)Cn1nc(-c2cccc(C)c2C)c2ccccc21.COC(=O)Cn1nc(-c2cccc(C)c2F)c2ccccc21. The number of halogens is 2. The molecule has 8 aromatic carbocycles. The molecule has 0 unspecified atom stereocenters. The Balaban J connectivity index is 0.000000140. The van der Waals surface area contributed by atoms with Gasteiger partial charge in [0.2, 0.25) is 0 Å². The Morgan fingerprint density at radius 3 is 1.09 bits per heavy atom. The third-order valence-electron chi connectivity index (χ3n) is 15.0. The lowest BCUT2D eigenvalue weighted by molar-refractivity contribution is -0.142. The fourth-order valence-corrected chi connectivity index (χ4v) is 10.2. The lowest BCUT2D eigenvalue weighted by atomic mass is 9.99. The predicted molar refractivity (Wildman–Crippen MR) is 337 cm³/mol. The van der Waals surface area contributed by atoms with E-state index < -0.39 is 11.9 Å². The summed E-state index contributed by atoms with van der Waals surface area (Å²) in [4.78, 5) is 46.3. The Morgan fingerprint density at radius 1 is 0.352 bits per heavy atom. The zero-order valence-corrected chi connectivity index (χ0v) is 50.6. The van der Waals surface area contributed by atoms with Gasteiger partial charge in [0.1, 0.15) is 60.6 Å². The number of nitrogens with zero attached hydrogens (tertiary/aromatic N) is 8. The number of ether oxygens (including phenoxy) is 4. The van der Waals surface area contributed by atoms with E-state index in [4.69, 9.17) is 9.47 Å². The van der Waals surface area contributed by atoms with Gasteiger partial charge in [0, 0.05) is 43.8 Å². The highest BCUT2D eigenvalue weighted by Gasteiger charge is 2.21. The van der Waals surface area contributed by atoms with Crippen LogP contribution in [0.15, 0.2) is 170 Å². The smallest absolute Gasteiger partial charge is 0.327 e. The van der Waals surface area contributed by atoms with Crippen molar-refractivity contribution >= 4 is 67.5 Å². The summed E-state index contributed by atoms with van der Waals surface area (Å²) in [6.45, 7) is 12.1. The van der Waals surface area contributed by atoms with Crippen LogP contribution in [0.3, 0.4) is 0 Å². The molecule has 0 aliphatic rings. The number of para-hydroxylation sites is 4. The standard InChI is InChI=1S/2C18H18N2O2.2C17H15FN2O2/c1-12-7-6-9-14(13(12)2)18-15-8-4-5-10-16(15)20(19-18)11-17(21)22-3;1-12-8-9-13(2)15(10-12)18-14-6-4-5-7-16(14)20(19-18)11-17(21)22-3;1-11-6-5-8-13(16(11)18)17-12-7-3-4-9-14(12)20(19-17)10-15(21)22-2;1-11-7-8-14(18)13(9-11)17-12-5-3-4-6-15(12)20(19-17)10-16(21)22-2/h2*4-10H,11H2,1-3H3;2*3-9H,10H2,1-2H3. The molecule has 0 aliphatic carbocycles. The largest absolute Gasteiger partial charge is 0.468 e. The van der Waals surface area contributed by atoms with Crippen molar-refractivity contribution in [1.82, 2.24) is 39.1 Å². The number of methoxy groups -OCH3 is 4. The Kier molecular flexibility index (Phi) is 19.4. The summed E-state index contributed by atoms with van der Waals surface area (Å²) >= 11 is 0. The molecule has 4 heterocycles.